The highest BCUT2D eigenvalue weighted by Crippen LogP contribution is 2.61. The van der Waals surface area contributed by atoms with Crippen molar-refractivity contribution in [3.05, 3.63) is 12.7 Å². The molecule has 3 N–H and O–H groups in total. The lowest BCUT2D eigenvalue weighted by atomic mass is 10.1. The van der Waals surface area contributed by atoms with Gasteiger partial charge in [0, 0.05) is 25.0 Å². The number of hydrogen-bond acceptors (Lipinski definition) is 10. The third-order valence-electron chi connectivity index (χ3n) is 5.76. The van der Waals surface area contributed by atoms with E-state index in [0.717, 1.165) is 0 Å². The third-order valence-corrected chi connectivity index (χ3v) is 11.0. The van der Waals surface area contributed by atoms with Crippen LogP contribution in [0.15, 0.2) is 12.7 Å². The summed E-state index contributed by atoms with van der Waals surface area (Å²) in [5.74, 6) is -0.339. The summed E-state index contributed by atoms with van der Waals surface area (Å²) in [5.41, 5.74) is 5.34. The van der Waals surface area contributed by atoms with Crippen molar-refractivity contribution in [2.45, 2.75) is 56.1 Å². The Hall–Kier alpha value is -1.04. The highest BCUT2D eigenvalue weighted by atomic mass is 32.7. The molecule has 1 saturated heterocycles. The van der Waals surface area contributed by atoms with E-state index in [1.165, 1.54) is 19.8 Å². The third kappa shape index (κ3) is 4.18. The van der Waals surface area contributed by atoms with Crippen LogP contribution in [0, 0.1) is 5.92 Å². The fourth-order valence-electron chi connectivity index (χ4n) is 3.89. The summed E-state index contributed by atoms with van der Waals surface area (Å²) in [6.07, 6.45) is -0.292. The highest BCUT2D eigenvalue weighted by Gasteiger charge is 2.60. The van der Waals surface area contributed by atoms with Gasteiger partial charge in [-0.05, 0) is 26.2 Å². The summed E-state index contributed by atoms with van der Waals surface area (Å²) in [7, 11) is -3.10. The number of imidazole rings is 1. The van der Waals surface area contributed by atoms with Gasteiger partial charge in [-0.2, -0.15) is 0 Å². The van der Waals surface area contributed by atoms with Gasteiger partial charge in [-0.25, -0.2) is 19.5 Å². The van der Waals surface area contributed by atoms with Crippen LogP contribution >= 0.6 is 14.2 Å². The largest absolute Gasteiger partial charge is 0.778 e. The van der Waals surface area contributed by atoms with E-state index in [4.69, 9.17) is 19.7 Å². The van der Waals surface area contributed by atoms with Gasteiger partial charge in [0.15, 0.2) is 17.7 Å². The fourth-order valence-corrected chi connectivity index (χ4v) is 6.26. The first kappa shape index (κ1) is 23.1. The van der Waals surface area contributed by atoms with Gasteiger partial charge in [0.2, 0.25) is 0 Å². The molecule has 12 nitrogen and oxygen atoms in total. The van der Waals surface area contributed by atoms with E-state index >= 15 is 0 Å². The zero-order valence-corrected chi connectivity index (χ0v) is 19.8. The highest BCUT2D eigenvalue weighted by molar-refractivity contribution is 8.34. The van der Waals surface area contributed by atoms with Crippen molar-refractivity contribution in [1.29, 1.82) is 0 Å². The van der Waals surface area contributed by atoms with Crippen molar-refractivity contribution in [2.75, 3.05) is 12.8 Å². The first-order chi connectivity index (χ1) is 14.5. The molecule has 0 aromatic carbocycles. The Kier molecular flexibility index (Phi) is 6.02. The molecule has 0 bridgehead atoms. The Balaban J connectivity index is 1.73. The molecule has 2 aliphatic rings. The Morgan fingerprint density at radius 1 is 1.35 bits per heavy atom. The number of ether oxygens (including phenoxy) is 2. The summed E-state index contributed by atoms with van der Waals surface area (Å²) in [4.78, 5) is 33.6. The van der Waals surface area contributed by atoms with Gasteiger partial charge in [-0.3, -0.25) is 9.09 Å². The van der Waals surface area contributed by atoms with Crippen LogP contribution in [0.4, 0.5) is 5.82 Å². The molecule has 2 aromatic rings. The number of nitrogens with zero attached hydrogens (tertiary/aromatic N) is 4. The van der Waals surface area contributed by atoms with E-state index in [9.17, 15) is 18.9 Å². The molecule has 1 saturated carbocycles. The number of aromatic nitrogens is 4. The number of methoxy groups -OCH3 is 1. The van der Waals surface area contributed by atoms with Crippen molar-refractivity contribution in [1.82, 2.24) is 19.5 Å². The normalized spacial score (nSPS) is 34.7. The topological polar surface area (TPSA) is 175 Å². The van der Waals surface area contributed by atoms with Gasteiger partial charge < -0.3 is 29.6 Å². The first-order valence-electron chi connectivity index (χ1n) is 9.63. The Morgan fingerprint density at radius 3 is 2.65 bits per heavy atom. The van der Waals surface area contributed by atoms with Gasteiger partial charge in [0.05, 0.1) is 18.1 Å². The van der Waals surface area contributed by atoms with Crippen molar-refractivity contribution < 1.29 is 32.9 Å². The van der Waals surface area contributed by atoms with Crippen molar-refractivity contribution in [3.63, 3.8) is 0 Å². The Bertz CT molecular complexity index is 1080. The molecule has 2 fully saturated rings. The maximum atomic E-state index is 13.0. The number of hydrogen-bond donors (Lipinski definition) is 2. The maximum absolute atomic E-state index is 13.0. The van der Waals surface area contributed by atoms with Gasteiger partial charge in [0.1, 0.15) is 31.6 Å². The predicted molar refractivity (Wildman–Crippen MR) is 114 cm³/mol. The van der Waals surface area contributed by atoms with E-state index in [1.54, 1.807) is 18.4 Å². The minimum Gasteiger partial charge on any atom is -0.778 e. The van der Waals surface area contributed by atoms with Crippen molar-refractivity contribution in [3.8, 4) is 0 Å². The van der Waals surface area contributed by atoms with Crippen LogP contribution < -0.4 is 10.6 Å². The fraction of sp³-hybridized carbons (Fsp3) is 0.688. The van der Waals surface area contributed by atoms with E-state index in [1.807, 2.05) is 0 Å². The standard InChI is InChI=1S/C16H25N5O7P2S/c1-7(2)30(25,31)28-12-11(8-4-9(8)29(22,23)24)27-16(13(12)26-3)21-6-20-10-14(17)18-5-19-15(10)21/h5-9,11-13,16H,4H2,1-3H3,(H,25,31)(H2,17,18,19)(H2,22,23,24)/t8?,9?,11-,12+,13+,16-,30?/m1/s1. The second-order valence-corrected chi connectivity index (χ2v) is 14.2. The number of anilines is 1. The van der Waals surface area contributed by atoms with E-state index in [2.05, 4.69) is 27.2 Å². The Labute approximate surface area is 183 Å². The van der Waals surface area contributed by atoms with Crippen LogP contribution in [-0.4, -0.2) is 61.2 Å². The van der Waals surface area contributed by atoms with E-state index < -0.39 is 50.3 Å². The average molecular weight is 493 g/mol. The minimum atomic E-state index is -4.55. The number of rotatable bonds is 7. The maximum Gasteiger partial charge on any atom is 0.394 e. The summed E-state index contributed by atoms with van der Waals surface area (Å²) < 4.78 is 44.1. The van der Waals surface area contributed by atoms with Crippen LogP contribution in [0.25, 0.3) is 11.2 Å². The molecule has 15 heteroatoms. The van der Waals surface area contributed by atoms with Crippen LogP contribution in [0.3, 0.4) is 0 Å². The molecule has 2 aromatic heterocycles. The summed E-state index contributed by atoms with van der Waals surface area (Å²) in [6.45, 7) is 0.205. The monoisotopic (exact) mass is 493 g/mol. The van der Waals surface area contributed by atoms with Crippen molar-refractivity contribution in [2.24, 2.45) is 5.92 Å². The lowest BCUT2D eigenvalue weighted by molar-refractivity contribution is -0.194. The molecule has 0 spiro atoms. The number of fused-ring (bicyclic) bond motifs is 1. The molecule has 4 unspecified atom stereocenters. The Morgan fingerprint density at radius 2 is 2.06 bits per heavy atom. The molecule has 0 radical (unpaired) electrons. The van der Waals surface area contributed by atoms with Gasteiger partial charge >= 0.3 is 6.57 Å². The van der Waals surface area contributed by atoms with Crippen LogP contribution in [0.2, 0.25) is 0 Å². The average Bonchev–Trinajstić information content (AvgIpc) is 3.25. The zero-order valence-electron chi connectivity index (χ0n) is 17.1. The molecule has 1 aliphatic heterocycles. The molecule has 3 heterocycles. The second kappa shape index (κ2) is 8.07. The predicted octanol–water partition coefficient (Wildman–Crippen LogP) is 0.253. The summed E-state index contributed by atoms with van der Waals surface area (Å²) >= 11 is 3.24. The lowest BCUT2D eigenvalue weighted by Crippen LogP contribution is -2.37. The molecule has 4 rings (SSSR count). The molecular weight excluding hydrogens is 468 g/mol. The zero-order chi connectivity index (χ0) is 22.7. The number of nitrogen functional groups attached to an aromatic ring is 1. The number of nitrogens with two attached hydrogens (primary N) is 1. The molecule has 0 amide bonds. The van der Waals surface area contributed by atoms with Crippen LogP contribution in [-0.2, 0) is 35.4 Å². The summed E-state index contributed by atoms with van der Waals surface area (Å²) in [6, 6.07) is 0. The van der Waals surface area contributed by atoms with E-state index in [-0.39, 0.29) is 17.9 Å². The molecule has 1 aliphatic carbocycles. The van der Waals surface area contributed by atoms with Gasteiger partial charge in [0.25, 0.3) is 0 Å². The quantitative estimate of drug-likeness (QED) is 0.400. The van der Waals surface area contributed by atoms with Gasteiger partial charge in [-0.1, -0.05) is 0 Å². The first-order valence-corrected chi connectivity index (χ1v) is 14.3. The van der Waals surface area contributed by atoms with Gasteiger partial charge in [-0.15, -0.1) is 0 Å². The molecular formula is C16H25N5O7P2S. The molecule has 172 valence electrons. The van der Waals surface area contributed by atoms with Crippen LogP contribution in [0.5, 0.6) is 0 Å². The molecule has 31 heavy (non-hydrogen) atoms. The van der Waals surface area contributed by atoms with Crippen molar-refractivity contribution >= 4 is 43.4 Å². The SMILES string of the molecule is CO[C@H]1[C@@H](OP(=O)([SH2+])C(C)C)[C@@H](C2CC2P(=O)([O-])O)O[C@H]1n1cnc2c(N)ncnc21. The minimum absolute atomic E-state index is 0.194. The smallest absolute Gasteiger partial charge is 0.394 e. The second-order valence-electron chi connectivity index (χ2n) is 8.07. The van der Waals surface area contributed by atoms with Crippen LogP contribution in [0.1, 0.15) is 26.5 Å². The summed E-state index contributed by atoms with van der Waals surface area (Å²) in [5, 5.41) is 0. The lowest BCUT2D eigenvalue weighted by Gasteiger charge is -2.25. The molecule has 8 atom stereocenters. The van der Waals surface area contributed by atoms with E-state index in [0.29, 0.717) is 11.2 Å².